The summed E-state index contributed by atoms with van der Waals surface area (Å²) in [5, 5.41) is 25.2. The van der Waals surface area contributed by atoms with Crippen molar-refractivity contribution in [1.29, 1.82) is 0 Å². The Balaban J connectivity index is 1.40. The molecule has 1 aromatic carbocycles. The number of hydrogen-bond acceptors (Lipinski definition) is 11. The van der Waals surface area contributed by atoms with Crippen molar-refractivity contribution in [3.05, 3.63) is 58.4 Å². The van der Waals surface area contributed by atoms with E-state index in [1.54, 1.807) is 26.0 Å². The van der Waals surface area contributed by atoms with E-state index in [1.165, 1.54) is 11.0 Å². The molecule has 1 fully saturated rings. The SMILES string of the molecule is CCn1c(CNC(=O)c2nc(Cl)c(N)nc2N)[n+](CC2CCOCC2)c2ccc(OCC(=O)N(Cc3nc(C)ccc3[O-])C[C@H](C)O)cc21. The molecule has 0 aliphatic carbocycles. The number of anilines is 2. The zero-order chi connectivity index (χ0) is 35.2. The maximum absolute atomic E-state index is 13.3. The number of rotatable bonds is 13. The van der Waals surface area contributed by atoms with E-state index < -0.39 is 17.9 Å². The van der Waals surface area contributed by atoms with Gasteiger partial charge >= 0.3 is 0 Å². The van der Waals surface area contributed by atoms with Crippen LogP contribution in [-0.2, 0) is 35.7 Å². The minimum atomic E-state index is -0.821. The average molecular weight is 696 g/mol. The molecule has 6 N–H and O–H groups in total. The molecule has 0 saturated carbocycles. The van der Waals surface area contributed by atoms with Crippen LogP contribution in [0.3, 0.4) is 0 Å². The zero-order valence-electron chi connectivity index (χ0n) is 27.8. The normalized spacial score (nSPS) is 14.1. The number of ether oxygens (including phenoxy) is 2. The summed E-state index contributed by atoms with van der Waals surface area (Å²) in [7, 11) is 0. The van der Waals surface area contributed by atoms with Gasteiger partial charge in [0.1, 0.15) is 12.3 Å². The Labute approximate surface area is 288 Å². The minimum absolute atomic E-state index is 0.00999. The second kappa shape index (κ2) is 15.7. The molecule has 3 aromatic heterocycles. The standard InChI is InChI=1S/C33H42ClN9O6/c1-4-42-25-13-22(49-18-28(46)41(15-20(3)44)17-23-26(45)8-5-19(2)38-23)6-7-24(25)43(16-21-9-11-48-12-10-21)27(42)14-37-33(47)29-31(35)40-32(36)30(34)39-29/h5-8,13,20-21,44H,4,9-12,14-18H2,1-3H3,(H5-,35,36,37,40,45,47)/t20-/m0/s1. The number of hydrogen-bond donors (Lipinski definition) is 4. The molecule has 15 nitrogen and oxygen atoms in total. The molecule has 4 heterocycles. The van der Waals surface area contributed by atoms with Crippen LogP contribution < -0.4 is 31.2 Å². The fourth-order valence-electron chi connectivity index (χ4n) is 5.95. The molecule has 0 bridgehead atoms. The van der Waals surface area contributed by atoms with E-state index in [2.05, 4.69) is 29.4 Å². The van der Waals surface area contributed by atoms with Gasteiger partial charge in [-0.1, -0.05) is 23.4 Å². The quantitative estimate of drug-likeness (QED) is 0.147. The lowest BCUT2D eigenvalue weighted by atomic mass is 10.0. The average Bonchev–Trinajstić information content (AvgIpc) is 3.36. The van der Waals surface area contributed by atoms with Gasteiger partial charge in [0, 0.05) is 37.4 Å². The topological polar surface area (TPSA) is 211 Å². The van der Waals surface area contributed by atoms with Crippen molar-refractivity contribution < 1.29 is 33.8 Å². The Morgan fingerprint density at radius 2 is 1.96 bits per heavy atom. The van der Waals surface area contributed by atoms with Crippen molar-refractivity contribution in [3.8, 4) is 11.5 Å². The molecule has 0 radical (unpaired) electrons. The van der Waals surface area contributed by atoms with Gasteiger partial charge in [-0.3, -0.25) is 14.6 Å². The van der Waals surface area contributed by atoms with Crippen LogP contribution in [0, 0.1) is 12.8 Å². The second-order valence-electron chi connectivity index (χ2n) is 12.1. The zero-order valence-corrected chi connectivity index (χ0v) is 28.6. The van der Waals surface area contributed by atoms with E-state index in [0.29, 0.717) is 43.7 Å². The van der Waals surface area contributed by atoms with Crippen molar-refractivity contribution >= 4 is 46.1 Å². The van der Waals surface area contributed by atoms with Crippen molar-refractivity contribution in [1.82, 2.24) is 29.7 Å². The fraction of sp³-hybridized carbons (Fsp3) is 0.455. The van der Waals surface area contributed by atoms with Gasteiger partial charge in [-0.15, -0.1) is 0 Å². The lowest BCUT2D eigenvalue weighted by Crippen LogP contribution is -2.44. The number of amides is 2. The largest absolute Gasteiger partial charge is 0.871 e. The van der Waals surface area contributed by atoms with Gasteiger partial charge in [0.2, 0.25) is 0 Å². The summed E-state index contributed by atoms with van der Waals surface area (Å²) in [6.45, 7) is 7.78. The van der Waals surface area contributed by atoms with Crippen LogP contribution in [0.1, 0.15) is 54.4 Å². The first-order valence-corrected chi connectivity index (χ1v) is 16.5. The number of benzene rings is 1. The highest BCUT2D eigenvalue weighted by molar-refractivity contribution is 6.31. The predicted octanol–water partition coefficient (Wildman–Crippen LogP) is 1.48. The molecule has 5 rings (SSSR count). The van der Waals surface area contributed by atoms with Crippen LogP contribution in [0.15, 0.2) is 30.3 Å². The van der Waals surface area contributed by atoms with Crippen LogP contribution in [-0.4, -0.2) is 73.8 Å². The van der Waals surface area contributed by atoms with Gasteiger partial charge < -0.3 is 41.4 Å². The summed E-state index contributed by atoms with van der Waals surface area (Å²) >= 11 is 6.01. The van der Waals surface area contributed by atoms with Crippen LogP contribution in [0.5, 0.6) is 11.5 Å². The van der Waals surface area contributed by atoms with Gasteiger partial charge in [-0.2, -0.15) is 0 Å². The van der Waals surface area contributed by atoms with Crippen LogP contribution in [0.2, 0.25) is 5.15 Å². The Morgan fingerprint density at radius 1 is 1.20 bits per heavy atom. The van der Waals surface area contributed by atoms with E-state index in [0.717, 1.165) is 29.7 Å². The number of pyridine rings is 1. The fourth-order valence-corrected chi connectivity index (χ4v) is 6.08. The predicted molar refractivity (Wildman–Crippen MR) is 179 cm³/mol. The van der Waals surface area contributed by atoms with E-state index in [1.807, 2.05) is 19.1 Å². The van der Waals surface area contributed by atoms with E-state index >= 15 is 0 Å². The highest BCUT2D eigenvalue weighted by Crippen LogP contribution is 2.25. The number of aryl methyl sites for hydroxylation is 2. The van der Waals surface area contributed by atoms with E-state index in [-0.39, 0.29) is 60.2 Å². The molecule has 1 atom stereocenters. The third-order valence-electron chi connectivity index (χ3n) is 8.39. The maximum atomic E-state index is 13.3. The van der Waals surface area contributed by atoms with Crippen LogP contribution in [0.4, 0.5) is 11.6 Å². The number of aliphatic hydroxyl groups is 1. The summed E-state index contributed by atoms with van der Waals surface area (Å²) in [5.74, 6) is 0.230. The first-order valence-electron chi connectivity index (χ1n) is 16.2. The van der Waals surface area contributed by atoms with E-state index in [9.17, 15) is 19.8 Å². The molecule has 1 saturated heterocycles. The monoisotopic (exact) mass is 695 g/mol. The number of nitrogen functional groups attached to an aromatic ring is 2. The summed E-state index contributed by atoms with van der Waals surface area (Å²) in [4.78, 5) is 40.1. The van der Waals surface area contributed by atoms with Gasteiger partial charge in [0.15, 0.2) is 40.1 Å². The molecule has 16 heteroatoms. The Bertz CT molecular complexity index is 1830. The number of nitrogens with one attached hydrogen (secondary N) is 1. The molecule has 0 spiro atoms. The molecule has 0 unspecified atom stereocenters. The summed E-state index contributed by atoms with van der Waals surface area (Å²) in [6.07, 6.45) is 0.996. The van der Waals surface area contributed by atoms with Crippen molar-refractivity contribution in [3.63, 3.8) is 0 Å². The van der Waals surface area contributed by atoms with Crippen LogP contribution >= 0.6 is 11.6 Å². The smallest absolute Gasteiger partial charge is 0.277 e. The van der Waals surface area contributed by atoms with Crippen molar-refractivity contribution in [2.24, 2.45) is 5.92 Å². The van der Waals surface area contributed by atoms with Crippen LogP contribution in [0.25, 0.3) is 11.0 Å². The molecule has 49 heavy (non-hydrogen) atoms. The van der Waals surface area contributed by atoms with Crippen molar-refractivity contribution in [2.75, 3.05) is 37.8 Å². The number of nitrogens with zero attached hydrogens (tertiary/aromatic N) is 6. The van der Waals surface area contributed by atoms with Gasteiger partial charge in [0.05, 0.1) is 31.4 Å². The Morgan fingerprint density at radius 3 is 2.67 bits per heavy atom. The number of aliphatic hydroxyl groups excluding tert-OH is 1. The number of carbonyl (C=O) groups excluding carboxylic acids is 2. The molecule has 4 aromatic rings. The Hall–Kier alpha value is -4.73. The minimum Gasteiger partial charge on any atom is -0.871 e. The molecule has 1 aliphatic heterocycles. The first kappa shape index (κ1) is 35.6. The Kier molecular flexibility index (Phi) is 11.4. The van der Waals surface area contributed by atoms with E-state index in [4.69, 9.17) is 32.5 Å². The molecule has 262 valence electrons. The highest BCUT2D eigenvalue weighted by Gasteiger charge is 2.29. The number of nitrogens with two attached hydrogens (primary N) is 2. The summed E-state index contributed by atoms with van der Waals surface area (Å²) < 4.78 is 15.8. The van der Waals surface area contributed by atoms with Crippen molar-refractivity contribution in [2.45, 2.75) is 65.9 Å². The molecule has 2 amide bonds. The number of fused-ring (bicyclic) bond motifs is 1. The van der Waals surface area contributed by atoms with Gasteiger partial charge in [0.25, 0.3) is 17.6 Å². The highest BCUT2D eigenvalue weighted by atomic mass is 35.5. The maximum Gasteiger partial charge on any atom is 0.277 e. The first-order chi connectivity index (χ1) is 23.4. The lowest BCUT2D eigenvalue weighted by molar-refractivity contribution is -0.687. The lowest BCUT2D eigenvalue weighted by Gasteiger charge is -2.26. The third-order valence-corrected chi connectivity index (χ3v) is 8.67. The molecular weight excluding hydrogens is 654 g/mol. The number of imidazole rings is 1. The van der Waals surface area contributed by atoms with Gasteiger partial charge in [-0.05, 0) is 51.8 Å². The van der Waals surface area contributed by atoms with Gasteiger partial charge in [-0.25, -0.2) is 19.1 Å². The molecular formula is C33H42ClN9O6. The second-order valence-corrected chi connectivity index (χ2v) is 12.5. The number of aromatic nitrogens is 5. The number of halogens is 1. The summed E-state index contributed by atoms with van der Waals surface area (Å²) in [5.41, 5.74) is 14.1. The third kappa shape index (κ3) is 8.47. The number of carbonyl (C=O) groups is 2. The summed E-state index contributed by atoms with van der Waals surface area (Å²) in [6, 6.07) is 8.62. The molecule has 1 aliphatic rings.